The number of hydrogen-bond donors (Lipinski definition) is 1. The molecule has 9 heteroatoms. The number of nitrogens with zero attached hydrogens (tertiary/aromatic N) is 3. The molecule has 2 aliphatic heterocycles. The zero-order chi connectivity index (χ0) is 17.6. The Hall–Kier alpha value is -2.52. The lowest BCUT2D eigenvalue weighted by Gasteiger charge is -2.28. The van der Waals surface area contributed by atoms with Crippen LogP contribution in [0.25, 0.3) is 0 Å². The van der Waals surface area contributed by atoms with Crippen LogP contribution in [0.5, 0.6) is 0 Å². The number of amides is 4. The molecule has 2 aliphatic rings. The molecule has 134 valence electrons. The Morgan fingerprint density at radius 1 is 1.28 bits per heavy atom. The molecule has 0 spiro atoms. The Balaban J connectivity index is 1.57. The first-order valence-electron chi connectivity index (χ1n) is 8.14. The molecule has 3 heterocycles. The number of imide groups is 2. The van der Waals surface area contributed by atoms with Gasteiger partial charge in [0.1, 0.15) is 5.76 Å². The number of carbonyl (C=O) groups is 3. The highest BCUT2D eigenvalue weighted by Crippen LogP contribution is 2.13. The third-order valence-electron chi connectivity index (χ3n) is 4.09. The smallest absolute Gasteiger partial charge is 0.331 e. The number of furan rings is 1. The van der Waals surface area contributed by atoms with Crippen LogP contribution in [0.4, 0.5) is 4.79 Å². The van der Waals surface area contributed by atoms with Gasteiger partial charge < -0.3 is 9.15 Å². The predicted octanol–water partition coefficient (Wildman–Crippen LogP) is -0.123. The van der Waals surface area contributed by atoms with Gasteiger partial charge in [-0.25, -0.2) is 4.79 Å². The van der Waals surface area contributed by atoms with E-state index in [1.165, 1.54) is 12.5 Å². The fraction of sp³-hybridized carbons (Fsp3) is 0.500. The van der Waals surface area contributed by atoms with E-state index in [-0.39, 0.29) is 6.54 Å². The van der Waals surface area contributed by atoms with Crippen molar-refractivity contribution >= 4 is 24.1 Å². The van der Waals surface area contributed by atoms with E-state index < -0.39 is 23.8 Å². The SMILES string of the molecule is O=C1NC(=O)N(Cc2ccco2)C(=O)[C@@H]1C=NCCN1CCOCC1. The second-order valence-electron chi connectivity index (χ2n) is 5.79. The van der Waals surface area contributed by atoms with Gasteiger partial charge in [-0.2, -0.15) is 0 Å². The van der Waals surface area contributed by atoms with Gasteiger partial charge in [0, 0.05) is 25.8 Å². The average molecular weight is 348 g/mol. The average Bonchev–Trinajstić information content (AvgIpc) is 3.12. The van der Waals surface area contributed by atoms with Crippen LogP contribution in [-0.4, -0.2) is 73.3 Å². The Labute approximate surface area is 144 Å². The molecular formula is C16H20N4O5. The Morgan fingerprint density at radius 3 is 2.80 bits per heavy atom. The minimum atomic E-state index is -1.10. The largest absolute Gasteiger partial charge is 0.467 e. The van der Waals surface area contributed by atoms with Crippen LogP contribution in [0.3, 0.4) is 0 Å². The highest BCUT2D eigenvalue weighted by Gasteiger charge is 2.39. The summed E-state index contributed by atoms with van der Waals surface area (Å²) in [5, 5.41) is 2.18. The molecule has 0 aromatic carbocycles. The zero-order valence-corrected chi connectivity index (χ0v) is 13.7. The fourth-order valence-corrected chi connectivity index (χ4v) is 2.67. The quantitative estimate of drug-likeness (QED) is 0.568. The molecule has 1 aromatic rings. The first-order chi connectivity index (χ1) is 12.1. The van der Waals surface area contributed by atoms with Crippen LogP contribution in [0.1, 0.15) is 5.76 Å². The number of nitrogens with one attached hydrogen (secondary N) is 1. The van der Waals surface area contributed by atoms with E-state index in [4.69, 9.17) is 9.15 Å². The molecule has 1 N–H and O–H groups in total. The molecule has 0 aliphatic carbocycles. The van der Waals surface area contributed by atoms with Crippen molar-refractivity contribution < 1.29 is 23.5 Å². The molecule has 9 nitrogen and oxygen atoms in total. The van der Waals surface area contributed by atoms with Gasteiger partial charge in [0.15, 0.2) is 5.92 Å². The highest BCUT2D eigenvalue weighted by atomic mass is 16.5. The lowest BCUT2D eigenvalue weighted by molar-refractivity contribution is -0.139. The van der Waals surface area contributed by atoms with Gasteiger partial charge in [0.25, 0.3) is 0 Å². The van der Waals surface area contributed by atoms with Crippen LogP contribution in [-0.2, 0) is 20.9 Å². The van der Waals surface area contributed by atoms with Gasteiger partial charge in [-0.1, -0.05) is 0 Å². The van der Waals surface area contributed by atoms with Crippen LogP contribution < -0.4 is 5.32 Å². The highest BCUT2D eigenvalue weighted by molar-refractivity contribution is 6.23. The minimum Gasteiger partial charge on any atom is -0.467 e. The Bertz CT molecular complexity index is 651. The van der Waals surface area contributed by atoms with Crippen molar-refractivity contribution in [3.05, 3.63) is 24.2 Å². The maximum Gasteiger partial charge on any atom is 0.331 e. The molecular weight excluding hydrogens is 328 g/mol. The normalized spacial score (nSPS) is 22.6. The van der Waals surface area contributed by atoms with Gasteiger partial charge in [0.05, 0.1) is 32.6 Å². The molecule has 3 rings (SSSR count). The number of carbonyl (C=O) groups excluding carboxylic acids is 3. The standard InChI is InChI=1S/C16H20N4O5/c21-14-13(10-17-3-4-19-5-8-24-9-6-19)15(22)20(16(23)18-14)11-12-2-1-7-25-12/h1-2,7,10,13H,3-6,8-9,11H2,(H,18,21,23)/t13-/m1/s1. The fourth-order valence-electron chi connectivity index (χ4n) is 2.67. The third kappa shape index (κ3) is 4.31. The van der Waals surface area contributed by atoms with Crippen molar-refractivity contribution in [2.24, 2.45) is 10.9 Å². The number of hydrogen-bond acceptors (Lipinski definition) is 7. The Morgan fingerprint density at radius 2 is 2.08 bits per heavy atom. The van der Waals surface area contributed by atoms with Gasteiger partial charge in [-0.05, 0) is 12.1 Å². The lowest BCUT2D eigenvalue weighted by Crippen LogP contribution is -2.57. The molecule has 1 atom stereocenters. The summed E-state index contributed by atoms with van der Waals surface area (Å²) in [4.78, 5) is 43.6. The van der Waals surface area contributed by atoms with E-state index in [1.54, 1.807) is 12.1 Å². The molecule has 2 fully saturated rings. The minimum absolute atomic E-state index is 0.0247. The van der Waals surface area contributed by atoms with E-state index >= 15 is 0 Å². The van der Waals surface area contributed by atoms with Crippen LogP contribution in [0, 0.1) is 5.92 Å². The van der Waals surface area contributed by atoms with Gasteiger partial charge >= 0.3 is 6.03 Å². The van der Waals surface area contributed by atoms with Crippen molar-refractivity contribution in [1.29, 1.82) is 0 Å². The lowest BCUT2D eigenvalue weighted by atomic mass is 10.1. The summed E-state index contributed by atoms with van der Waals surface area (Å²) in [5.74, 6) is -1.89. The topological polar surface area (TPSA) is 104 Å². The van der Waals surface area contributed by atoms with E-state index in [0.717, 1.165) is 24.5 Å². The van der Waals surface area contributed by atoms with Crippen LogP contribution in [0.15, 0.2) is 27.8 Å². The summed E-state index contributed by atoms with van der Waals surface area (Å²) in [5.41, 5.74) is 0. The molecule has 2 saturated heterocycles. The van der Waals surface area contributed by atoms with Crippen LogP contribution >= 0.6 is 0 Å². The summed E-state index contributed by atoms with van der Waals surface area (Å²) >= 11 is 0. The van der Waals surface area contributed by atoms with Crippen molar-refractivity contribution in [2.45, 2.75) is 6.54 Å². The maximum atomic E-state index is 12.5. The molecule has 1 aromatic heterocycles. The van der Waals surface area contributed by atoms with Crippen molar-refractivity contribution in [1.82, 2.24) is 15.1 Å². The number of aliphatic imine (C=N–C) groups is 1. The molecule has 25 heavy (non-hydrogen) atoms. The third-order valence-corrected chi connectivity index (χ3v) is 4.09. The van der Waals surface area contributed by atoms with Gasteiger partial charge in [-0.15, -0.1) is 0 Å². The second-order valence-corrected chi connectivity index (χ2v) is 5.79. The first-order valence-corrected chi connectivity index (χ1v) is 8.14. The summed E-state index contributed by atoms with van der Waals surface area (Å²) in [6.07, 6.45) is 2.77. The van der Waals surface area contributed by atoms with E-state index in [2.05, 4.69) is 15.2 Å². The van der Waals surface area contributed by atoms with Crippen molar-refractivity contribution in [3.63, 3.8) is 0 Å². The molecule has 0 unspecified atom stereocenters. The number of ether oxygens (including phenoxy) is 1. The molecule has 0 radical (unpaired) electrons. The van der Waals surface area contributed by atoms with Crippen LogP contribution in [0.2, 0.25) is 0 Å². The number of urea groups is 1. The second kappa shape index (κ2) is 8.04. The summed E-state index contributed by atoms with van der Waals surface area (Å²) in [7, 11) is 0. The first kappa shape index (κ1) is 17.3. The summed E-state index contributed by atoms with van der Waals surface area (Å²) in [6.45, 7) is 4.30. The van der Waals surface area contributed by atoms with E-state index in [1.807, 2.05) is 0 Å². The Kier molecular flexibility index (Phi) is 5.56. The predicted molar refractivity (Wildman–Crippen MR) is 86.9 cm³/mol. The van der Waals surface area contributed by atoms with Gasteiger partial charge in [0.2, 0.25) is 11.8 Å². The zero-order valence-electron chi connectivity index (χ0n) is 13.7. The van der Waals surface area contributed by atoms with E-state index in [0.29, 0.717) is 25.5 Å². The molecule has 0 bridgehead atoms. The molecule has 4 amide bonds. The van der Waals surface area contributed by atoms with Gasteiger partial charge in [-0.3, -0.25) is 29.7 Å². The monoisotopic (exact) mass is 348 g/mol. The number of morpholine rings is 1. The van der Waals surface area contributed by atoms with E-state index in [9.17, 15) is 14.4 Å². The number of barbiturate groups is 1. The number of rotatable bonds is 6. The molecule has 0 saturated carbocycles. The van der Waals surface area contributed by atoms with Crippen molar-refractivity contribution in [3.8, 4) is 0 Å². The summed E-state index contributed by atoms with van der Waals surface area (Å²) in [6, 6.07) is 2.57. The van der Waals surface area contributed by atoms with Crippen molar-refractivity contribution in [2.75, 3.05) is 39.4 Å². The summed E-state index contributed by atoms with van der Waals surface area (Å²) < 4.78 is 10.4. The maximum absolute atomic E-state index is 12.5.